The van der Waals surface area contributed by atoms with E-state index in [0.717, 1.165) is 12.0 Å². The van der Waals surface area contributed by atoms with Crippen LogP contribution in [-0.2, 0) is 18.9 Å². The lowest BCUT2D eigenvalue weighted by molar-refractivity contribution is -0.172. The molecule has 0 spiro atoms. The Hall–Kier alpha value is -0.940. The molecule has 0 amide bonds. The SMILES string of the molecule is CCOC(C)OC([CH][C@H](CC)OC(C)OCC)c1ccccc1. The standard InChI is InChI=1S/C19H31O4/c1-6-18(22-15(4)20-7-2)14-19(23-16(5)21-8-3)17-12-10-9-11-13-17/h9-16,18-19H,6-8H2,1-5H3/t15?,16?,18-,19?/m0/s1. The molecule has 0 aliphatic heterocycles. The highest BCUT2D eigenvalue weighted by molar-refractivity contribution is 5.20. The van der Waals surface area contributed by atoms with Gasteiger partial charge in [-0.3, -0.25) is 0 Å². The van der Waals surface area contributed by atoms with E-state index in [1.165, 1.54) is 0 Å². The van der Waals surface area contributed by atoms with Gasteiger partial charge < -0.3 is 18.9 Å². The minimum Gasteiger partial charge on any atom is -0.353 e. The van der Waals surface area contributed by atoms with Crippen LogP contribution in [-0.4, -0.2) is 31.9 Å². The van der Waals surface area contributed by atoms with Crippen LogP contribution in [0.5, 0.6) is 0 Å². The van der Waals surface area contributed by atoms with Crippen LogP contribution in [0.1, 0.15) is 52.7 Å². The topological polar surface area (TPSA) is 36.9 Å². The van der Waals surface area contributed by atoms with Gasteiger partial charge in [-0.05, 0) is 39.7 Å². The molecule has 23 heavy (non-hydrogen) atoms. The molecule has 0 fully saturated rings. The molecule has 0 bridgehead atoms. The number of hydrogen-bond donors (Lipinski definition) is 0. The molecule has 0 saturated carbocycles. The molecule has 0 saturated heterocycles. The van der Waals surface area contributed by atoms with Crippen molar-refractivity contribution >= 4 is 0 Å². The predicted octanol–water partition coefficient (Wildman–Crippen LogP) is 4.51. The first-order valence-corrected chi connectivity index (χ1v) is 8.54. The Morgan fingerprint density at radius 1 is 0.870 bits per heavy atom. The fourth-order valence-corrected chi connectivity index (χ4v) is 2.35. The van der Waals surface area contributed by atoms with Gasteiger partial charge in [0, 0.05) is 19.6 Å². The summed E-state index contributed by atoms with van der Waals surface area (Å²) in [5, 5.41) is 0. The van der Waals surface area contributed by atoms with Crippen molar-refractivity contribution in [2.45, 2.75) is 65.8 Å². The van der Waals surface area contributed by atoms with E-state index in [-0.39, 0.29) is 24.8 Å². The zero-order valence-electron chi connectivity index (χ0n) is 15.0. The Bertz CT molecular complexity index is 396. The molecule has 3 unspecified atom stereocenters. The highest BCUT2D eigenvalue weighted by atomic mass is 16.7. The third kappa shape index (κ3) is 7.93. The molecule has 0 N–H and O–H groups in total. The number of hydrogen-bond acceptors (Lipinski definition) is 4. The molecule has 131 valence electrons. The van der Waals surface area contributed by atoms with E-state index < -0.39 is 0 Å². The minimum atomic E-state index is -0.275. The van der Waals surface area contributed by atoms with Crippen molar-refractivity contribution in [3.63, 3.8) is 0 Å². The lowest BCUT2D eigenvalue weighted by Gasteiger charge is -2.27. The van der Waals surface area contributed by atoms with Crippen molar-refractivity contribution < 1.29 is 18.9 Å². The van der Waals surface area contributed by atoms with E-state index in [1.807, 2.05) is 45.9 Å². The summed E-state index contributed by atoms with van der Waals surface area (Å²) >= 11 is 0. The second-order valence-corrected chi connectivity index (χ2v) is 5.29. The number of rotatable bonds is 12. The van der Waals surface area contributed by atoms with Crippen molar-refractivity contribution in [1.29, 1.82) is 0 Å². The average Bonchev–Trinajstić information content (AvgIpc) is 2.54. The smallest absolute Gasteiger partial charge is 0.155 e. The molecule has 1 aromatic rings. The Morgan fingerprint density at radius 2 is 1.43 bits per heavy atom. The van der Waals surface area contributed by atoms with Gasteiger partial charge in [0.1, 0.15) is 0 Å². The lowest BCUT2D eigenvalue weighted by atomic mass is 10.0. The molecule has 0 heterocycles. The van der Waals surface area contributed by atoms with Crippen molar-refractivity contribution in [3.05, 3.63) is 42.3 Å². The van der Waals surface area contributed by atoms with E-state index in [1.54, 1.807) is 0 Å². The van der Waals surface area contributed by atoms with E-state index in [0.29, 0.717) is 13.2 Å². The predicted molar refractivity (Wildman–Crippen MR) is 91.9 cm³/mol. The molecule has 0 aliphatic rings. The van der Waals surface area contributed by atoms with E-state index in [9.17, 15) is 0 Å². The van der Waals surface area contributed by atoms with Crippen LogP contribution in [0.2, 0.25) is 0 Å². The van der Waals surface area contributed by atoms with Crippen molar-refractivity contribution in [3.8, 4) is 0 Å². The highest BCUT2D eigenvalue weighted by Crippen LogP contribution is 2.26. The normalized spacial score (nSPS) is 16.7. The van der Waals surface area contributed by atoms with Gasteiger partial charge in [-0.2, -0.15) is 0 Å². The minimum absolute atomic E-state index is 0.0458. The maximum Gasteiger partial charge on any atom is 0.155 e. The molecule has 1 rings (SSSR count). The van der Waals surface area contributed by atoms with Gasteiger partial charge in [-0.1, -0.05) is 37.3 Å². The van der Waals surface area contributed by atoms with Crippen molar-refractivity contribution in [2.75, 3.05) is 13.2 Å². The van der Waals surface area contributed by atoms with E-state index in [2.05, 4.69) is 25.5 Å². The molecular weight excluding hydrogens is 292 g/mol. The van der Waals surface area contributed by atoms with Crippen LogP contribution in [0.3, 0.4) is 0 Å². The van der Waals surface area contributed by atoms with Gasteiger partial charge in [0.25, 0.3) is 0 Å². The maximum absolute atomic E-state index is 6.05. The highest BCUT2D eigenvalue weighted by Gasteiger charge is 2.22. The van der Waals surface area contributed by atoms with Crippen molar-refractivity contribution in [2.24, 2.45) is 0 Å². The third-order valence-corrected chi connectivity index (χ3v) is 3.43. The zero-order chi connectivity index (χ0) is 17.1. The van der Waals surface area contributed by atoms with Crippen LogP contribution >= 0.6 is 0 Å². The van der Waals surface area contributed by atoms with Crippen LogP contribution in [0, 0.1) is 6.42 Å². The summed E-state index contributed by atoms with van der Waals surface area (Å²) in [5.74, 6) is 0. The quantitative estimate of drug-likeness (QED) is 0.530. The van der Waals surface area contributed by atoms with Gasteiger partial charge in [0.15, 0.2) is 12.6 Å². The second-order valence-electron chi connectivity index (χ2n) is 5.29. The first-order chi connectivity index (χ1) is 11.1. The third-order valence-electron chi connectivity index (χ3n) is 3.43. The van der Waals surface area contributed by atoms with Gasteiger partial charge in [0.2, 0.25) is 0 Å². The molecule has 0 aliphatic carbocycles. The number of ether oxygens (including phenoxy) is 4. The Labute approximate surface area is 141 Å². The summed E-state index contributed by atoms with van der Waals surface area (Å²) in [7, 11) is 0. The summed E-state index contributed by atoms with van der Waals surface area (Å²) in [4.78, 5) is 0. The molecule has 1 radical (unpaired) electrons. The monoisotopic (exact) mass is 323 g/mol. The summed E-state index contributed by atoms with van der Waals surface area (Å²) in [6.45, 7) is 11.1. The van der Waals surface area contributed by atoms with Gasteiger partial charge >= 0.3 is 0 Å². The molecule has 1 aromatic carbocycles. The van der Waals surface area contributed by atoms with Gasteiger partial charge in [-0.15, -0.1) is 0 Å². The van der Waals surface area contributed by atoms with Crippen LogP contribution in [0.25, 0.3) is 0 Å². The Balaban J connectivity index is 2.74. The van der Waals surface area contributed by atoms with Gasteiger partial charge in [-0.25, -0.2) is 0 Å². The van der Waals surface area contributed by atoms with Crippen LogP contribution in [0.15, 0.2) is 30.3 Å². The first-order valence-electron chi connectivity index (χ1n) is 8.54. The second kappa shape index (κ2) is 11.6. The lowest BCUT2D eigenvalue weighted by Crippen LogP contribution is -2.27. The van der Waals surface area contributed by atoms with E-state index in [4.69, 9.17) is 18.9 Å². The largest absolute Gasteiger partial charge is 0.353 e. The van der Waals surface area contributed by atoms with Crippen molar-refractivity contribution in [1.82, 2.24) is 0 Å². The first kappa shape index (κ1) is 20.1. The fourth-order valence-electron chi connectivity index (χ4n) is 2.35. The molecular formula is C19H31O4. The van der Waals surface area contributed by atoms with E-state index >= 15 is 0 Å². The van der Waals surface area contributed by atoms with Crippen LogP contribution in [0.4, 0.5) is 0 Å². The Morgan fingerprint density at radius 3 is 1.96 bits per heavy atom. The Kier molecular flexibility index (Phi) is 10.1. The summed E-state index contributed by atoms with van der Waals surface area (Å²) in [6, 6.07) is 10.1. The summed E-state index contributed by atoms with van der Waals surface area (Å²) in [6.07, 6.45) is 2.20. The fraction of sp³-hybridized carbons (Fsp3) is 0.632. The molecule has 0 aromatic heterocycles. The molecule has 4 heteroatoms. The zero-order valence-corrected chi connectivity index (χ0v) is 15.0. The maximum atomic E-state index is 6.05. The molecule has 4 atom stereocenters. The summed E-state index contributed by atoms with van der Waals surface area (Å²) < 4.78 is 23.0. The van der Waals surface area contributed by atoms with Gasteiger partial charge in [0.05, 0.1) is 12.2 Å². The number of benzene rings is 1. The average molecular weight is 323 g/mol. The van der Waals surface area contributed by atoms with Crippen LogP contribution < -0.4 is 0 Å². The summed E-state index contributed by atoms with van der Waals surface area (Å²) in [5.41, 5.74) is 1.09. The molecule has 4 nitrogen and oxygen atoms in total.